The van der Waals surface area contributed by atoms with E-state index in [1.807, 2.05) is 55.5 Å². The largest absolute Gasteiger partial charge is 0.457 e. The third-order valence-electron chi connectivity index (χ3n) is 3.83. The number of nitrogens with zero attached hydrogens (tertiary/aromatic N) is 1. The number of ether oxygens (including phenoxy) is 1. The molecule has 2 aromatic rings. The van der Waals surface area contributed by atoms with Crippen LogP contribution in [0.2, 0.25) is 0 Å². The second-order valence-corrected chi connectivity index (χ2v) is 5.95. The lowest BCUT2D eigenvalue weighted by Gasteiger charge is -2.17. The predicted molar refractivity (Wildman–Crippen MR) is 88.9 cm³/mol. The van der Waals surface area contributed by atoms with Gasteiger partial charge in [-0.3, -0.25) is 4.79 Å². The van der Waals surface area contributed by atoms with E-state index in [1.54, 1.807) is 4.90 Å². The normalized spacial score (nSPS) is 17.8. The molecule has 0 radical (unpaired) electrons. The molecular weight excluding hydrogens is 298 g/mol. The summed E-state index contributed by atoms with van der Waals surface area (Å²) >= 11 is 5.85. The second kappa shape index (κ2) is 6.41. The zero-order valence-corrected chi connectivity index (χ0v) is 13.2. The Morgan fingerprint density at radius 1 is 1.09 bits per heavy atom. The van der Waals surface area contributed by atoms with Crippen LogP contribution in [0.1, 0.15) is 12.0 Å². The molecule has 1 heterocycles. The Balaban J connectivity index is 1.70. The molecule has 0 aliphatic carbocycles. The van der Waals surface area contributed by atoms with Crippen LogP contribution in [0.5, 0.6) is 11.5 Å². The van der Waals surface area contributed by atoms with Gasteiger partial charge in [-0.05, 0) is 49.2 Å². The monoisotopic (exact) mass is 315 g/mol. The average Bonchev–Trinajstić information content (AvgIpc) is 2.91. The fourth-order valence-corrected chi connectivity index (χ4v) is 2.78. The van der Waals surface area contributed by atoms with Crippen LogP contribution in [0.4, 0.5) is 5.69 Å². The molecule has 1 amide bonds. The molecule has 0 spiro atoms. The van der Waals surface area contributed by atoms with Crippen molar-refractivity contribution in [1.82, 2.24) is 0 Å². The summed E-state index contributed by atoms with van der Waals surface area (Å²) in [6.07, 6.45) is 0.533. The van der Waals surface area contributed by atoms with Crippen molar-refractivity contribution in [2.24, 2.45) is 5.92 Å². The molecule has 0 aromatic heterocycles. The highest BCUT2D eigenvalue weighted by molar-refractivity contribution is 6.18. The molecule has 1 atom stereocenters. The Hall–Kier alpha value is -2.00. The number of carbonyl (C=O) groups is 1. The van der Waals surface area contributed by atoms with Crippen LogP contribution in [0.25, 0.3) is 0 Å². The van der Waals surface area contributed by atoms with E-state index in [0.29, 0.717) is 18.8 Å². The predicted octanol–water partition coefficient (Wildman–Crippen LogP) is 4.38. The van der Waals surface area contributed by atoms with E-state index in [2.05, 4.69) is 0 Å². The molecule has 0 saturated carbocycles. The topological polar surface area (TPSA) is 29.5 Å². The molecule has 3 rings (SSSR count). The molecule has 22 heavy (non-hydrogen) atoms. The number of alkyl halides is 1. The fourth-order valence-electron chi connectivity index (χ4n) is 2.57. The molecule has 1 fully saturated rings. The molecule has 3 nitrogen and oxygen atoms in total. The number of carbonyl (C=O) groups excluding carboxylic acids is 1. The van der Waals surface area contributed by atoms with Crippen LogP contribution >= 0.6 is 11.6 Å². The minimum Gasteiger partial charge on any atom is -0.457 e. The summed E-state index contributed by atoms with van der Waals surface area (Å²) in [4.78, 5) is 13.8. The maximum Gasteiger partial charge on any atom is 0.227 e. The summed E-state index contributed by atoms with van der Waals surface area (Å²) in [7, 11) is 0. The van der Waals surface area contributed by atoms with E-state index >= 15 is 0 Å². The zero-order chi connectivity index (χ0) is 15.5. The van der Waals surface area contributed by atoms with Gasteiger partial charge in [-0.25, -0.2) is 0 Å². The minimum absolute atomic E-state index is 0.137. The summed E-state index contributed by atoms with van der Waals surface area (Å²) in [5, 5.41) is 0. The van der Waals surface area contributed by atoms with Crippen molar-refractivity contribution in [2.45, 2.75) is 13.3 Å². The van der Waals surface area contributed by atoms with E-state index in [-0.39, 0.29) is 11.8 Å². The molecular formula is C18H18ClNO2. The van der Waals surface area contributed by atoms with E-state index in [0.717, 1.165) is 17.2 Å². The third-order valence-corrected chi connectivity index (χ3v) is 4.26. The number of hydrogen-bond donors (Lipinski definition) is 0. The van der Waals surface area contributed by atoms with E-state index in [4.69, 9.17) is 16.3 Å². The van der Waals surface area contributed by atoms with E-state index in [9.17, 15) is 4.79 Å². The second-order valence-electron chi connectivity index (χ2n) is 5.64. The van der Waals surface area contributed by atoms with Crippen molar-refractivity contribution >= 4 is 23.2 Å². The minimum atomic E-state index is 0.137. The Morgan fingerprint density at radius 3 is 2.23 bits per heavy atom. The van der Waals surface area contributed by atoms with Crippen LogP contribution in [0.15, 0.2) is 48.5 Å². The summed E-state index contributed by atoms with van der Waals surface area (Å²) in [6, 6.07) is 15.5. The SMILES string of the molecule is Cc1ccc(Oc2ccc(N3CC(CCl)CC3=O)cc2)cc1. The molecule has 2 aromatic carbocycles. The van der Waals surface area contributed by atoms with Gasteiger partial charge >= 0.3 is 0 Å². The standard InChI is InChI=1S/C18H18ClNO2/c1-13-2-6-16(7-3-13)22-17-8-4-15(5-9-17)20-12-14(11-19)10-18(20)21/h2-9,14H,10-12H2,1H3. The van der Waals surface area contributed by atoms with E-state index in [1.165, 1.54) is 5.56 Å². The van der Waals surface area contributed by atoms with Gasteiger partial charge in [0, 0.05) is 24.5 Å². The van der Waals surface area contributed by atoms with Crippen molar-refractivity contribution < 1.29 is 9.53 Å². The molecule has 0 bridgehead atoms. The lowest BCUT2D eigenvalue weighted by atomic mass is 10.1. The first kappa shape index (κ1) is 14.9. The Labute approximate surface area is 135 Å². The number of benzene rings is 2. The summed E-state index contributed by atoms with van der Waals surface area (Å²) in [6.45, 7) is 2.74. The summed E-state index contributed by atoms with van der Waals surface area (Å²) < 4.78 is 5.80. The first-order chi connectivity index (χ1) is 10.7. The number of hydrogen-bond acceptors (Lipinski definition) is 2. The molecule has 1 aliphatic rings. The maximum atomic E-state index is 12.0. The van der Waals surface area contributed by atoms with E-state index < -0.39 is 0 Å². The first-order valence-corrected chi connectivity index (χ1v) is 7.90. The highest BCUT2D eigenvalue weighted by Gasteiger charge is 2.29. The first-order valence-electron chi connectivity index (χ1n) is 7.36. The molecule has 1 unspecified atom stereocenters. The number of anilines is 1. The molecule has 0 N–H and O–H groups in total. The molecule has 1 aliphatic heterocycles. The van der Waals surface area contributed by atoms with Crippen molar-refractivity contribution in [2.75, 3.05) is 17.3 Å². The Kier molecular flexibility index (Phi) is 4.34. The number of halogens is 1. The Bertz CT molecular complexity index is 652. The van der Waals surface area contributed by atoms with Crippen molar-refractivity contribution in [3.05, 3.63) is 54.1 Å². The van der Waals surface area contributed by atoms with Crippen molar-refractivity contribution in [3.8, 4) is 11.5 Å². The van der Waals surface area contributed by atoms with Gasteiger partial charge in [0.05, 0.1) is 0 Å². The van der Waals surface area contributed by atoms with Crippen molar-refractivity contribution in [1.29, 1.82) is 0 Å². The highest BCUT2D eigenvalue weighted by atomic mass is 35.5. The zero-order valence-electron chi connectivity index (χ0n) is 12.5. The van der Waals surface area contributed by atoms with Crippen LogP contribution < -0.4 is 9.64 Å². The van der Waals surface area contributed by atoms with Gasteiger partial charge < -0.3 is 9.64 Å². The maximum absolute atomic E-state index is 12.0. The molecule has 1 saturated heterocycles. The van der Waals surface area contributed by atoms with Crippen LogP contribution in [0, 0.1) is 12.8 Å². The molecule has 4 heteroatoms. The van der Waals surface area contributed by atoms with Gasteiger partial charge in [-0.15, -0.1) is 11.6 Å². The van der Waals surface area contributed by atoms with Gasteiger partial charge in [0.1, 0.15) is 11.5 Å². The van der Waals surface area contributed by atoms with Crippen LogP contribution in [0.3, 0.4) is 0 Å². The Morgan fingerprint density at radius 2 is 1.68 bits per heavy atom. The van der Waals surface area contributed by atoms with Crippen LogP contribution in [-0.4, -0.2) is 18.3 Å². The number of aryl methyl sites for hydroxylation is 1. The van der Waals surface area contributed by atoms with Crippen LogP contribution in [-0.2, 0) is 4.79 Å². The lowest BCUT2D eigenvalue weighted by molar-refractivity contribution is -0.117. The smallest absolute Gasteiger partial charge is 0.227 e. The summed E-state index contributed by atoms with van der Waals surface area (Å²) in [5.41, 5.74) is 2.10. The van der Waals surface area contributed by atoms with Crippen molar-refractivity contribution in [3.63, 3.8) is 0 Å². The quantitative estimate of drug-likeness (QED) is 0.784. The van der Waals surface area contributed by atoms with Gasteiger partial charge in [0.25, 0.3) is 0 Å². The lowest BCUT2D eigenvalue weighted by Crippen LogP contribution is -2.24. The van der Waals surface area contributed by atoms with Gasteiger partial charge in [0.2, 0.25) is 5.91 Å². The van der Waals surface area contributed by atoms with Gasteiger partial charge in [-0.2, -0.15) is 0 Å². The average molecular weight is 316 g/mol. The molecule has 114 valence electrons. The number of rotatable bonds is 4. The third kappa shape index (κ3) is 3.25. The fraction of sp³-hybridized carbons (Fsp3) is 0.278. The number of amides is 1. The van der Waals surface area contributed by atoms with Gasteiger partial charge in [-0.1, -0.05) is 17.7 Å². The highest BCUT2D eigenvalue weighted by Crippen LogP contribution is 2.29. The van der Waals surface area contributed by atoms with Gasteiger partial charge in [0.15, 0.2) is 0 Å². The summed E-state index contributed by atoms with van der Waals surface area (Å²) in [5.74, 6) is 2.47.